The summed E-state index contributed by atoms with van der Waals surface area (Å²) < 4.78 is 5.19. The Morgan fingerprint density at radius 1 is 1.23 bits per heavy atom. The highest BCUT2D eigenvalue weighted by atomic mass is 16.5. The molecule has 2 N–H and O–H groups in total. The number of carbonyl (C=O) groups is 2. The molecule has 2 aromatic rings. The summed E-state index contributed by atoms with van der Waals surface area (Å²) in [7, 11) is 0. The van der Waals surface area contributed by atoms with Gasteiger partial charge in [0.15, 0.2) is 5.82 Å². The van der Waals surface area contributed by atoms with Crippen LogP contribution in [0.25, 0.3) is 0 Å². The quantitative estimate of drug-likeness (QED) is 0.823. The van der Waals surface area contributed by atoms with Gasteiger partial charge in [0.2, 0.25) is 11.8 Å². The summed E-state index contributed by atoms with van der Waals surface area (Å²) in [6.45, 7) is 7.58. The molecular weight excluding hydrogens is 334 g/mol. The predicted molar refractivity (Wildman–Crippen MR) is 94.7 cm³/mol. The molecule has 0 unspecified atom stereocenters. The van der Waals surface area contributed by atoms with Gasteiger partial charge >= 0.3 is 5.97 Å². The third-order valence-electron chi connectivity index (χ3n) is 4.94. The zero-order chi connectivity index (χ0) is 19.1. The Labute approximate surface area is 151 Å². The smallest absolute Gasteiger partial charge is 0.307 e. The molecule has 3 rings (SSSR count). The Hall–Kier alpha value is -2.70. The maximum Gasteiger partial charge on any atom is 0.307 e. The topological polar surface area (TPSA) is 105 Å². The Bertz CT molecular complexity index is 824. The molecule has 1 aromatic heterocycles. The minimum atomic E-state index is -0.925. The van der Waals surface area contributed by atoms with Crippen LogP contribution in [0.1, 0.15) is 50.9 Å². The SMILES string of the molecule is CC(C)c1nc(Cc2ccc(NC(=O)[C@@H]3[C@@H](C(=O)O)C3(C)C)cc2)no1. The van der Waals surface area contributed by atoms with Gasteiger partial charge in [-0.3, -0.25) is 9.59 Å². The Balaban J connectivity index is 1.61. The summed E-state index contributed by atoms with van der Waals surface area (Å²) in [5.74, 6) is -0.890. The largest absolute Gasteiger partial charge is 0.481 e. The van der Waals surface area contributed by atoms with Crippen LogP contribution in [-0.4, -0.2) is 27.1 Å². The standard InChI is InChI=1S/C19H23N3O4/c1-10(2)17-21-13(22-26-17)9-11-5-7-12(8-6-11)20-16(23)14-15(18(24)25)19(14,3)4/h5-8,10,14-15H,9H2,1-4H3,(H,20,23)(H,24,25)/t14-,15-/m0/s1. The summed E-state index contributed by atoms with van der Waals surface area (Å²) >= 11 is 0. The van der Waals surface area contributed by atoms with E-state index in [4.69, 9.17) is 4.52 Å². The van der Waals surface area contributed by atoms with Crippen molar-refractivity contribution in [1.82, 2.24) is 10.1 Å². The number of rotatable bonds is 6. The van der Waals surface area contributed by atoms with Crippen LogP contribution in [-0.2, 0) is 16.0 Å². The van der Waals surface area contributed by atoms with Gasteiger partial charge in [-0.1, -0.05) is 45.0 Å². The number of aromatic nitrogens is 2. The van der Waals surface area contributed by atoms with Crippen molar-refractivity contribution in [2.75, 3.05) is 5.32 Å². The number of benzene rings is 1. The lowest BCUT2D eigenvalue weighted by Gasteiger charge is -2.07. The third-order valence-corrected chi connectivity index (χ3v) is 4.94. The molecule has 0 aliphatic heterocycles. The lowest BCUT2D eigenvalue weighted by atomic mass is 10.1. The summed E-state index contributed by atoms with van der Waals surface area (Å²) in [5.41, 5.74) is 1.12. The molecule has 1 aliphatic rings. The molecule has 1 saturated carbocycles. The van der Waals surface area contributed by atoms with E-state index in [9.17, 15) is 14.7 Å². The van der Waals surface area contributed by atoms with Gasteiger partial charge < -0.3 is 14.9 Å². The van der Waals surface area contributed by atoms with E-state index in [1.165, 1.54) is 0 Å². The number of carboxylic acid groups (broad SMARTS) is 1. The second-order valence-electron chi connectivity index (χ2n) is 7.68. The fourth-order valence-corrected chi connectivity index (χ4v) is 3.27. The van der Waals surface area contributed by atoms with Gasteiger partial charge in [-0.25, -0.2) is 0 Å². The number of nitrogens with zero attached hydrogens (tertiary/aromatic N) is 2. The van der Waals surface area contributed by atoms with Crippen molar-refractivity contribution in [3.63, 3.8) is 0 Å². The monoisotopic (exact) mass is 357 g/mol. The van der Waals surface area contributed by atoms with Crippen LogP contribution in [0.3, 0.4) is 0 Å². The molecule has 1 fully saturated rings. The van der Waals surface area contributed by atoms with E-state index in [0.717, 1.165) is 5.56 Å². The first-order valence-electron chi connectivity index (χ1n) is 8.65. The highest BCUT2D eigenvalue weighted by Gasteiger charge is 2.65. The van der Waals surface area contributed by atoms with Gasteiger partial charge in [0.05, 0.1) is 11.8 Å². The maximum atomic E-state index is 12.3. The maximum absolute atomic E-state index is 12.3. The molecular formula is C19H23N3O4. The third kappa shape index (κ3) is 3.47. The van der Waals surface area contributed by atoms with Crippen LogP contribution >= 0.6 is 0 Å². The molecule has 1 aromatic carbocycles. The van der Waals surface area contributed by atoms with Gasteiger partial charge in [0.25, 0.3) is 0 Å². The Morgan fingerprint density at radius 3 is 2.38 bits per heavy atom. The minimum Gasteiger partial charge on any atom is -0.481 e. The van der Waals surface area contributed by atoms with Crippen molar-refractivity contribution in [3.05, 3.63) is 41.5 Å². The van der Waals surface area contributed by atoms with Crippen molar-refractivity contribution in [2.24, 2.45) is 17.3 Å². The van der Waals surface area contributed by atoms with E-state index in [2.05, 4.69) is 15.5 Å². The molecule has 0 saturated heterocycles. The molecule has 7 heteroatoms. The number of amides is 1. The zero-order valence-electron chi connectivity index (χ0n) is 15.3. The highest BCUT2D eigenvalue weighted by molar-refractivity contribution is 5.99. The van der Waals surface area contributed by atoms with E-state index in [-0.39, 0.29) is 11.8 Å². The molecule has 1 aliphatic carbocycles. The first-order valence-corrected chi connectivity index (χ1v) is 8.65. The second-order valence-corrected chi connectivity index (χ2v) is 7.68. The molecule has 0 spiro atoms. The molecule has 138 valence electrons. The Kier molecular flexibility index (Phi) is 4.56. The molecule has 26 heavy (non-hydrogen) atoms. The van der Waals surface area contributed by atoms with E-state index in [0.29, 0.717) is 23.8 Å². The van der Waals surface area contributed by atoms with Crippen LogP contribution in [0.4, 0.5) is 5.69 Å². The molecule has 0 bridgehead atoms. The normalized spacial score (nSPS) is 20.8. The number of carboxylic acids is 1. The van der Waals surface area contributed by atoms with Gasteiger partial charge in [-0.15, -0.1) is 0 Å². The lowest BCUT2D eigenvalue weighted by Crippen LogP contribution is -2.17. The summed E-state index contributed by atoms with van der Waals surface area (Å²) in [6.07, 6.45) is 0.543. The highest BCUT2D eigenvalue weighted by Crippen LogP contribution is 2.58. The molecule has 7 nitrogen and oxygen atoms in total. The van der Waals surface area contributed by atoms with Crippen molar-refractivity contribution in [1.29, 1.82) is 0 Å². The van der Waals surface area contributed by atoms with E-state index in [1.54, 1.807) is 26.0 Å². The van der Waals surface area contributed by atoms with Crippen molar-refractivity contribution in [3.8, 4) is 0 Å². The fraction of sp³-hybridized carbons (Fsp3) is 0.474. The second kappa shape index (κ2) is 6.55. The van der Waals surface area contributed by atoms with Crippen LogP contribution < -0.4 is 5.32 Å². The van der Waals surface area contributed by atoms with Crippen LogP contribution in [0.15, 0.2) is 28.8 Å². The summed E-state index contributed by atoms with van der Waals surface area (Å²) in [6, 6.07) is 7.35. The number of aliphatic carboxylic acids is 1. The van der Waals surface area contributed by atoms with Crippen LogP contribution in [0.5, 0.6) is 0 Å². The number of hydrogen-bond donors (Lipinski definition) is 2. The molecule has 1 amide bonds. The zero-order valence-corrected chi connectivity index (χ0v) is 15.3. The van der Waals surface area contributed by atoms with Gasteiger partial charge in [-0.05, 0) is 23.1 Å². The minimum absolute atomic E-state index is 0.190. The number of hydrogen-bond acceptors (Lipinski definition) is 5. The van der Waals surface area contributed by atoms with E-state index >= 15 is 0 Å². The molecule has 2 atom stereocenters. The van der Waals surface area contributed by atoms with Crippen LogP contribution in [0, 0.1) is 17.3 Å². The van der Waals surface area contributed by atoms with Crippen molar-refractivity contribution >= 4 is 17.6 Å². The first-order chi connectivity index (χ1) is 12.2. The first kappa shape index (κ1) is 18.1. The van der Waals surface area contributed by atoms with Crippen LogP contribution in [0.2, 0.25) is 0 Å². The van der Waals surface area contributed by atoms with E-state index < -0.39 is 23.2 Å². The molecule has 0 radical (unpaired) electrons. The van der Waals surface area contributed by atoms with E-state index in [1.807, 2.05) is 26.0 Å². The van der Waals surface area contributed by atoms with Gasteiger partial charge in [0, 0.05) is 18.0 Å². The number of nitrogens with one attached hydrogen (secondary N) is 1. The fourth-order valence-electron chi connectivity index (χ4n) is 3.27. The van der Waals surface area contributed by atoms with Gasteiger partial charge in [0.1, 0.15) is 0 Å². The summed E-state index contributed by atoms with van der Waals surface area (Å²) in [5, 5.41) is 16.0. The average molecular weight is 357 g/mol. The average Bonchev–Trinajstić information content (AvgIpc) is 2.90. The number of anilines is 1. The lowest BCUT2D eigenvalue weighted by molar-refractivity contribution is -0.140. The Morgan fingerprint density at radius 2 is 1.88 bits per heavy atom. The van der Waals surface area contributed by atoms with Crippen molar-refractivity contribution in [2.45, 2.75) is 40.0 Å². The van der Waals surface area contributed by atoms with Crippen molar-refractivity contribution < 1.29 is 19.2 Å². The summed E-state index contributed by atoms with van der Waals surface area (Å²) in [4.78, 5) is 27.9. The number of carbonyl (C=O) groups excluding carboxylic acids is 1. The molecule has 1 heterocycles. The predicted octanol–water partition coefficient (Wildman–Crippen LogP) is 3.08. The van der Waals surface area contributed by atoms with Gasteiger partial charge in [-0.2, -0.15) is 4.98 Å².